The summed E-state index contributed by atoms with van der Waals surface area (Å²) in [6.45, 7) is 5.79. The summed E-state index contributed by atoms with van der Waals surface area (Å²) in [5.74, 6) is 0.681. The maximum atomic E-state index is 11.6. The quantitative estimate of drug-likeness (QED) is 0.122. The second-order valence-corrected chi connectivity index (χ2v) is 12.5. The van der Waals surface area contributed by atoms with Crippen molar-refractivity contribution in [2.24, 2.45) is 0 Å². The molecule has 0 spiro atoms. The molecule has 0 amide bonds. The molecule has 8 nitrogen and oxygen atoms in total. The van der Waals surface area contributed by atoms with Crippen LogP contribution < -0.4 is 4.74 Å². The van der Waals surface area contributed by atoms with Gasteiger partial charge in [-0.15, -0.1) is 0 Å². The third-order valence-corrected chi connectivity index (χ3v) is 8.92. The van der Waals surface area contributed by atoms with Crippen molar-refractivity contribution in [2.75, 3.05) is 13.1 Å². The average molecular weight is 632 g/mol. The van der Waals surface area contributed by atoms with Crippen molar-refractivity contribution in [1.82, 2.24) is 14.9 Å². The average Bonchev–Trinajstić information content (AvgIpc) is 3.50. The molecule has 1 aliphatic rings. The van der Waals surface area contributed by atoms with Gasteiger partial charge >= 0.3 is 5.97 Å². The van der Waals surface area contributed by atoms with Gasteiger partial charge in [-0.2, -0.15) is 0 Å². The first kappa shape index (κ1) is 32.1. The fourth-order valence-electron chi connectivity index (χ4n) is 6.43. The third-order valence-electron chi connectivity index (χ3n) is 8.92. The predicted octanol–water partition coefficient (Wildman–Crippen LogP) is 8.16. The van der Waals surface area contributed by atoms with Crippen molar-refractivity contribution in [3.8, 4) is 17.2 Å². The van der Waals surface area contributed by atoms with Gasteiger partial charge in [-0.05, 0) is 118 Å². The van der Waals surface area contributed by atoms with E-state index >= 15 is 0 Å². The Hall–Kier alpha value is -4.82. The first-order valence-corrected chi connectivity index (χ1v) is 16.5. The molecule has 2 heterocycles. The number of oxazole rings is 1. The van der Waals surface area contributed by atoms with E-state index < -0.39 is 5.97 Å². The second-order valence-electron chi connectivity index (χ2n) is 12.5. The molecule has 0 saturated carbocycles. The van der Waals surface area contributed by atoms with Crippen LogP contribution in [0.15, 0.2) is 83.3 Å². The molecule has 5 aromatic rings. The summed E-state index contributed by atoms with van der Waals surface area (Å²) in [5, 5.41) is 9.48. The Balaban J connectivity index is 1.13. The molecule has 6 rings (SSSR count). The van der Waals surface area contributed by atoms with Gasteiger partial charge in [0.05, 0.1) is 0 Å². The zero-order valence-electron chi connectivity index (χ0n) is 27.1. The Morgan fingerprint density at radius 2 is 1.81 bits per heavy atom. The van der Waals surface area contributed by atoms with E-state index in [9.17, 15) is 14.7 Å². The number of hydrogen-bond acceptors (Lipinski definition) is 7. The second kappa shape index (κ2) is 14.7. The monoisotopic (exact) mass is 631 g/mol. The molecule has 8 heteroatoms. The lowest BCUT2D eigenvalue weighted by atomic mass is 9.89. The van der Waals surface area contributed by atoms with Crippen LogP contribution in [-0.2, 0) is 24.2 Å². The number of aryl methyl sites for hydroxylation is 2. The Kier molecular flexibility index (Phi) is 10.1. The highest BCUT2D eigenvalue weighted by Gasteiger charge is 2.27. The van der Waals surface area contributed by atoms with Crippen molar-refractivity contribution < 1.29 is 23.8 Å². The molecule has 0 aliphatic heterocycles. The highest BCUT2D eigenvalue weighted by atomic mass is 16.5. The number of carbonyl (C=O) groups is 2. The number of pyridine rings is 1. The molecule has 1 atom stereocenters. The smallest absolute Gasteiger partial charge is 0.354 e. The van der Waals surface area contributed by atoms with Crippen LogP contribution in [0.2, 0.25) is 0 Å². The van der Waals surface area contributed by atoms with E-state index in [4.69, 9.17) is 9.15 Å². The van der Waals surface area contributed by atoms with Crippen LogP contribution in [-0.4, -0.2) is 44.8 Å². The Morgan fingerprint density at radius 3 is 2.62 bits per heavy atom. The van der Waals surface area contributed by atoms with Gasteiger partial charge in [0.1, 0.15) is 29.4 Å². The van der Waals surface area contributed by atoms with E-state index in [0.29, 0.717) is 18.9 Å². The highest BCUT2D eigenvalue weighted by molar-refractivity contribution is 5.85. The van der Waals surface area contributed by atoms with Crippen molar-refractivity contribution in [1.29, 1.82) is 0 Å². The number of nitrogens with zero attached hydrogens (tertiary/aromatic N) is 3. The summed E-state index contributed by atoms with van der Waals surface area (Å²) >= 11 is 0. The summed E-state index contributed by atoms with van der Waals surface area (Å²) in [5.41, 5.74) is 7.99. The highest BCUT2D eigenvalue weighted by Crippen LogP contribution is 2.35. The maximum absolute atomic E-state index is 11.6. The number of aromatic carboxylic acids is 1. The van der Waals surface area contributed by atoms with Crippen LogP contribution in [0.4, 0.5) is 0 Å². The van der Waals surface area contributed by atoms with Crippen molar-refractivity contribution in [3.05, 3.63) is 113 Å². The number of carbonyl (C=O) groups excluding carboxylic acids is 1. The molecular formula is C39H41N3O5. The SMILES string of the molecule is CC(=O)CCCCN(CCc1ccccc1OCc1ccc(-c2nc3cc(C)ccc3o2)cc1)C1CCCc2nc(C(=O)O)ccc21. The van der Waals surface area contributed by atoms with Crippen LogP contribution >= 0.6 is 0 Å². The van der Waals surface area contributed by atoms with Gasteiger partial charge in [0.15, 0.2) is 5.58 Å². The number of Topliss-reactive ketones (excluding diaryl/α,β-unsaturated/α-hetero) is 1. The Bertz CT molecular complexity index is 1860. The summed E-state index contributed by atoms with van der Waals surface area (Å²) in [6.07, 6.45) is 5.90. The topological polar surface area (TPSA) is 106 Å². The van der Waals surface area contributed by atoms with Crippen LogP contribution in [0.1, 0.15) is 83.5 Å². The molecule has 0 bridgehead atoms. The van der Waals surface area contributed by atoms with Gasteiger partial charge in [0.25, 0.3) is 0 Å². The van der Waals surface area contributed by atoms with Crippen LogP contribution in [0.5, 0.6) is 5.75 Å². The van der Waals surface area contributed by atoms with Crippen LogP contribution in [0, 0.1) is 6.92 Å². The summed E-state index contributed by atoms with van der Waals surface area (Å²) in [6, 6.07) is 26.0. The van der Waals surface area contributed by atoms with Gasteiger partial charge in [-0.1, -0.05) is 42.5 Å². The standard InChI is InChI=1S/C39H41N3O5/c1-26-13-20-37-34(24-26)41-38(47-37)30-16-14-28(15-17-30)25-46-36-12-4-3-9-29(36)21-23-42(22-6-5-8-27(2)43)35-11-7-10-32-31(35)18-19-33(40-32)39(44)45/h3-4,9,12-20,24,35H,5-8,10-11,21-23,25H2,1-2H3,(H,44,45). The van der Waals surface area contributed by atoms with Crippen molar-refractivity contribution in [3.63, 3.8) is 0 Å². The van der Waals surface area contributed by atoms with Crippen LogP contribution in [0.3, 0.4) is 0 Å². The predicted molar refractivity (Wildman–Crippen MR) is 182 cm³/mol. The molecule has 0 saturated heterocycles. The van der Waals surface area contributed by atoms with Gasteiger partial charge in [0.2, 0.25) is 5.89 Å². The van der Waals surface area contributed by atoms with Crippen molar-refractivity contribution in [2.45, 2.75) is 71.4 Å². The number of fused-ring (bicyclic) bond motifs is 2. The number of benzene rings is 3. The van der Waals surface area contributed by atoms with E-state index in [2.05, 4.69) is 20.9 Å². The number of para-hydroxylation sites is 1. The minimum Gasteiger partial charge on any atom is -0.489 e. The number of aromatic nitrogens is 2. The van der Waals surface area contributed by atoms with Gasteiger partial charge in [0, 0.05) is 30.3 Å². The molecule has 1 unspecified atom stereocenters. The number of rotatable bonds is 14. The zero-order valence-corrected chi connectivity index (χ0v) is 27.1. The lowest BCUT2D eigenvalue weighted by Crippen LogP contribution is -2.34. The van der Waals surface area contributed by atoms with E-state index in [-0.39, 0.29) is 17.5 Å². The summed E-state index contributed by atoms with van der Waals surface area (Å²) in [4.78, 5) is 34.8. The molecule has 0 fully saturated rings. The fraction of sp³-hybridized carbons (Fsp3) is 0.333. The minimum absolute atomic E-state index is 0.0967. The molecule has 47 heavy (non-hydrogen) atoms. The van der Waals surface area contributed by atoms with Crippen LogP contribution in [0.25, 0.3) is 22.6 Å². The van der Waals surface area contributed by atoms with E-state index in [0.717, 1.165) is 102 Å². The van der Waals surface area contributed by atoms with Gasteiger partial charge < -0.3 is 19.1 Å². The molecule has 1 aliphatic carbocycles. The first-order valence-electron chi connectivity index (χ1n) is 16.5. The minimum atomic E-state index is -0.998. The Labute approximate surface area is 275 Å². The first-order chi connectivity index (χ1) is 22.8. The van der Waals surface area contributed by atoms with E-state index in [1.54, 1.807) is 13.0 Å². The van der Waals surface area contributed by atoms with Gasteiger partial charge in [-0.25, -0.2) is 14.8 Å². The Morgan fingerprint density at radius 1 is 0.979 bits per heavy atom. The molecule has 2 aromatic heterocycles. The number of ether oxygens (including phenoxy) is 1. The molecule has 0 radical (unpaired) electrons. The lowest BCUT2D eigenvalue weighted by Gasteiger charge is -2.36. The molecule has 1 N–H and O–H groups in total. The third kappa shape index (κ3) is 7.95. The number of hydrogen-bond donors (Lipinski definition) is 1. The number of carboxylic acid groups (broad SMARTS) is 1. The molecule has 242 valence electrons. The van der Waals surface area contributed by atoms with E-state index in [1.165, 1.54) is 0 Å². The maximum Gasteiger partial charge on any atom is 0.354 e. The summed E-state index contributed by atoms with van der Waals surface area (Å²) in [7, 11) is 0. The molecule has 3 aromatic carbocycles. The number of carboxylic acids is 1. The largest absolute Gasteiger partial charge is 0.489 e. The normalized spacial score (nSPS) is 14.3. The fourth-order valence-corrected chi connectivity index (χ4v) is 6.43. The number of unbranched alkanes of at least 4 members (excludes halogenated alkanes) is 1. The summed E-state index contributed by atoms with van der Waals surface area (Å²) < 4.78 is 12.3. The zero-order chi connectivity index (χ0) is 32.8. The lowest BCUT2D eigenvalue weighted by molar-refractivity contribution is -0.117. The van der Waals surface area contributed by atoms with E-state index in [1.807, 2.05) is 73.7 Å². The van der Waals surface area contributed by atoms with Gasteiger partial charge in [-0.3, -0.25) is 4.90 Å². The molecular weight excluding hydrogens is 590 g/mol. The number of ketones is 1. The van der Waals surface area contributed by atoms with Crippen molar-refractivity contribution >= 4 is 22.9 Å².